The minimum absolute atomic E-state index is 0.0827. The third-order valence-corrected chi connectivity index (χ3v) is 5.56. The molecule has 138 valence electrons. The molecule has 0 atom stereocenters. The highest BCUT2D eigenvalue weighted by Crippen LogP contribution is 2.31. The number of anilines is 2. The first-order chi connectivity index (χ1) is 12.3. The number of halogens is 1. The van der Waals surface area contributed by atoms with Crippen molar-refractivity contribution in [1.82, 2.24) is 0 Å². The van der Waals surface area contributed by atoms with Crippen LogP contribution in [0.3, 0.4) is 0 Å². The van der Waals surface area contributed by atoms with Gasteiger partial charge in [-0.2, -0.15) is 0 Å². The average Bonchev–Trinajstić information content (AvgIpc) is 2.57. The third-order valence-electron chi connectivity index (χ3n) is 4.19. The quantitative estimate of drug-likeness (QED) is 0.868. The van der Waals surface area contributed by atoms with Crippen molar-refractivity contribution in [2.45, 2.75) is 31.6 Å². The number of carbonyl (C=O) groups excluding carboxylic acids is 1. The highest BCUT2D eigenvalue weighted by Gasteiger charge is 2.25. The lowest BCUT2D eigenvalue weighted by Crippen LogP contribution is -2.37. The standard InChI is InChI=1S/C19H21FN2O3S/c1-13(2)12-22-18-8-7-16(10-14(18)6-9-19(22)23)21-26(24,25)17-5-3-4-15(20)11-17/h3-5,7-8,10-11,13,21H,6,9,12H2,1-2H3. The zero-order valence-electron chi connectivity index (χ0n) is 14.7. The van der Waals surface area contributed by atoms with Gasteiger partial charge in [0.05, 0.1) is 4.90 Å². The van der Waals surface area contributed by atoms with Crippen molar-refractivity contribution in [3.05, 3.63) is 53.8 Å². The Kier molecular flexibility index (Phi) is 5.00. The maximum absolute atomic E-state index is 13.3. The minimum Gasteiger partial charge on any atom is -0.312 e. The maximum atomic E-state index is 13.3. The van der Waals surface area contributed by atoms with Crippen LogP contribution < -0.4 is 9.62 Å². The van der Waals surface area contributed by atoms with Crippen LogP contribution in [0.4, 0.5) is 15.8 Å². The normalized spacial score (nSPS) is 14.5. The molecule has 0 saturated carbocycles. The van der Waals surface area contributed by atoms with Crippen molar-refractivity contribution in [3.8, 4) is 0 Å². The molecule has 1 heterocycles. The topological polar surface area (TPSA) is 66.5 Å². The van der Waals surface area contributed by atoms with Crippen LogP contribution in [0, 0.1) is 11.7 Å². The second-order valence-corrected chi connectivity index (χ2v) is 8.49. The molecule has 0 radical (unpaired) electrons. The molecule has 1 aliphatic heterocycles. The zero-order valence-corrected chi connectivity index (χ0v) is 15.5. The number of benzene rings is 2. The van der Waals surface area contributed by atoms with E-state index in [-0.39, 0.29) is 10.8 Å². The number of rotatable bonds is 5. The SMILES string of the molecule is CC(C)CN1C(=O)CCc2cc(NS(=O)(=O)c3cccc(F)c3)ccc21. The van der Waals surface area contributed by atoms with Gasteiger partial charge in [-0.25, -0.2) is 12.8 Å². The average molecular weight is 376 g/mol. The summed E-state index contributed by atoms with van der Waals surface area (Å²) in [4.78, 5) is 13.8. The van der Waals surface area contributed by atoms with Crippen molar-refractivity contribution in [1.29, 1.82) is 0 Å². The van der Waals surface area contributed by atoms with E-state index in [0.717, 1.165) is 17.3 Å². The Bertz CT molecular complexity index is 942. The van der Waals surface area contributed by atoms with Crippen molar-refractivity contribution in [2.24, 2.45) is 5.92 Å². The molecule has 1 N–H and O–H groups in total. The van der Waals surface area contributed by atoms with E-state index >= 15 is 0 Å². The number of nitrogens with one attached hydrogen (secondary N) is 1. The van der Waals surface area contributed by atoms with E-state index in [1.807, 2.05) is 13.8 Å². The van der Waals surface area contributed by atoms with E-state index in [2.05, 4.69) is 4.72 Å². The number of aryl methyl sites for hydroxylation is 1. The van der Waals surface area contributed by atoms with Crippen LogP contribution in [0.15, 0.2) is 47.4 Å². The lowest BCUT2D eigenvalue weighted by molar-refractivity contribution is -0.119. The number of fused-ring (bicyclic) bond motifs is 1. The number of hydrogen-bond donors (Lipinski definition) is 1. The van der Waals surface area contributed by atoms with Crippen LogP contribution in [0.5, 0.6) is 0 Å². The summed E-state index contributed by atoms with van der Waals surface area (Å²) in [5, 5.41) is 0. The summed E-state index contributed by atoms with van der Waals surface area (Å²) in [6.07, 6.45) is 0.970. The first kappa shape index (κ1) is 18.4. The molecule has 2 aromatic rings. The molecule has 1 aliphatic rings. The summed E-state index contributed by atoms with van der Waals surface area (Å²) in [7, 11) is -3.88. The van der Waals surface area contributed by atoms with E-state index in [9.17, 15) is 17.6 Å². The second kappa shape index (κ2) is 7.07. The molecule has 2 aromatic carbocycles. The van der Waals surface area contributed by atoms with E-state index in [1.165, 1.54) is 18.2 Å². The molecule has 3 rings (SSSR count). The van der Waals surface area contributed by atoms with Gasteiger partial charge in [-0.3, -0.25) is 9.52 Å². The first-order valence-electron chi connectivity index (χ1n) is 8.48. The Morgan fingerprint density at radius 1 is 1.15 bits per heavy atom. The first-order valence-corrected chi connectivity index (χ1v) is 9.96. The van der Waals surface area contributed by atoms with Crippen LogP contribution in [0.25, 0.3) is 0 Å². The summed E-state index contributed by atoms with van der Waals surface area (Å²) in [6.45, 7) is 4.71. The predicted octanol–water partition coefficient (Wildman–Crippen LogP) is 3.56. The molecular formula is C19H21FN2O3S. The van der Waals surface area contributed by atoms with Gasteiger partial charge >= 0.3 is 0 Å². The molecule has 0 unspecified atom stereocenters. The largest absolute Gasteiger partial charge is 0.312 e. The molecule has 26 heavy (non-hydrogen) atoms. The van der Waals surface area contributed by atoms with Crippen molar-refractivity contribution in [3.63, 3.8) is 0 Å². The lowest BCUT2D eigenvalue weighted by atomic mass is 9.99. The van der Waals surface area contributed by atoms with E-state index in [4.69, 9.17) is 0 Å². The van der Waals surface area contributed by atoms with Crippen molar-refractivity contribution < 1.29 is 17.6 Å². The molecule has 0 fully saturated rings. The fourth-order valence-corrected chi connectivity index (χ4v) is 4.12. The van der Waals surface area contributed by atoms with Crippen molar-refractivity contribution in [2.75, 3.05) is 16.2 Å². The van der Waals surface area contributed by atoms with Gasteiger partial charge in [0.1, 0.15) is 5.82 Å². The van der Waals surface area contributed by atoms with Crippen molar-refractivity contribution >= 4 is 27.3 Å². The molecule has 0 bridgehead atoms. The van der Waals surface area contributed by atoms with Gasteiger partial charge in [-0.1, -0.05) is 19.9 Å². The monoisotopic (exact) mass is 376 g/mol. The Labute approximate surface area is 152 Å². The number of amides is 1. The van der Waals surface area contributed by atoms with Crippen LogP contribution in [-0.4, -0.2) is 20.9 Å². The number of carbonyl (C=O) groups is 1. The highest BCUT2D eigenvalue weighted by molar-refractivity contribution is 7.92. The van der Waals surface area contributed by atoms with Gasteiger partial charge in [0, 0.05) is 24.3 Å². The Balaban J connectivity index is 1.88. The number of hydrogen-bond acceptors (Lipinski definition) is 3. The van der Waals surface area contributed by atoms with E-state index in [0.29, 0.717) is 31.0 Å². The third kappa shape index (κ3) is 3.88. The summed E-state index contributed by atoms with van der Waals surface area (Å²) in [5.41, 5.74) is 2.14. The number of nitrogens with zero attached hydrogens (tertiary/aromatic N) is 1. The predicted molar refractivity (Wildman–Crippen MR) is 99.2 cm³/mol. The molecule has 1 amide bonds. The van der Waals surface area contributed by atoms with E-state index < -0.39 is 15.8 Å². The molecule has 5 nitrogen and oxygen atoms in total. The smallest absolute Gasteiger partial charge is 0.261 e. The van der Waals surface area contributed by atoms with Crippen LogP contribution in [0.2, 0.25) is 0 Å². The van der Waals surface area contributed by atoms with Gasteiger partial charge in [0.25, 0.3) is 10.0 Å². The fraction of sp³-hybridized carbons (Fsp3) is 0.316. The van der Waals surface area contributed by atoms with Crippen LogP contribution >= 0.6 is 0 Å². The Morgan fingerprint density at radius 3 is 2.62 bits per heavy atom. The molecular weight excluding hydrogens is 355 g/mol. The highest BCUT2D eigenvalue weighted by atomic mass is 32.2. The van der Waals surface area contributed by atoms with Crippen LogP contribution in [-0.2, 0) is 21.2 Å². The van der Waals surface area contributed by atoms with Gasteiger partial charge in [0.15, 0.2) is 0 Å². The Hall–Kier alpha value is -2.41. The van der Waals surface area contributed by atoms with Gasteiger partial charge < -0.3 is 4.90 Å². The molecule has 0 saturated heterocycles. The van der Waals surface area contributed by atoms with Crippen LogP contribution in [0.1, 0.15) is 25.8 Å². The molecule has 0 spiro atoms. The summed E-state index contributed by atoms with van der Waals surface area (Å²) in [5.74, 6) is -0.198. The molecule has 0 aromatic heterocycles. The minimum atomic E-state index is -3.88. The van der Waals surface area contributed by atoms with E-state index in [1.54, 1.807) is 23.1 Å². The summed E-state index contributed by atoms with van der Waals surface area (Å²) in [6, 6.07) is 9.99. The lowest BCUT2D eigenvalue weighted by Gasteiger charge is -2.31. The van der Waals surface area contributed by atoms with Gasteiger partial charge in [-0.05, 0) is 54.3 Å². The zero-order chi connectivity index (χ0) is 18.9. The summed E-state index contributed by atoms with van der Waals surface area (Å²) < 4.78 is 40.7. The number of sulfonamides is 1. The van der Waals surface area contributed by atoms with Gasteiger partial charge in [0.2, 0.25) is 5.91 Å². The van der Waals surface area contributed by atoms with Gasteiger partial charge in [-0.15, -0.1) is 0 Å². The Morgan fingerprint density at radius 2 is 1.92 bits per heavy atom. The molecule has 0 aliphatic carbocycles. The molecule has 7 heteroatoms. The maximum Gasteiger partial charge on any atom is 0.261 e. The second-order valence-electron chi connectivity index (χ2n) is 6.80. The summed E-state index contributed by atoms with van der Waals surface area (Å²) >= 11 is 0. The fourth-order valence-electron chi connectivity index (χ4n) is 3.04.